The van der Waals surface area contributed by atoms with Crippen LogP contribution in [0.3, 0.4) is 0 Å². The Balaban J connectivity index is 2.30. The fourth-order valence-corrected chi connectivity index (χ4v) is 2.04. The van der Waals surface area contributed by atoms with Crippen molar-refractivity contribution in [2.24, 2.45) is 16.0 Å². The highest BCUT2D eigenvalue weighted by molar-refractivity contribution is 7.80. The molecule has 2 aromatic carbocycles. The minimum Gasteiger partial charge on any atom is -0.493 e. The molecule has 142 valence electrons. The van der Waals surface area contributed by atoms with E-state index >= 15 is 0 Å². The number of hydrogen-bond donors (Lipinski definition) is 2. The minimum atomic E-state index is -4.60. The Morgan fingerprint density at radius 2 is 1.89 bits per heavy atom. The number of hydrogen-bond acceptors (Lipinski definition) is 6. The van der Waals surface area contributed by atoms with E-state index in [4.69, 9.17) is 15.2 Å². The summed E-state index contributed by atoms with van der Waals surface area (Å²) in [5.41, 5.74) is 6.74. The Hall–Kier alpha value is -3.21. The SMILES string of the molecule is COc1cc(/C=N/NC(N)=S)ccc1Oc1ccc(C(F)(F)F)cc1N=O. The predicted octanol–water partition coefficient (Wildman–Crippen LogP) is 4.07. The van der Waals surface area contributed by atoms with Crippen LogP contribution in [0.4, 0.5) is 18.9 Å². The van der Waals surface area contributed by atoms with E-state index in [-0.39, 0.29) is 22.4 Å². The van der Waals surface area contributed by atoms with E-state index in [0.717, 1.165) is 12.1 Å². The predicted molar refractivity (Wildman–Crippen MR) is 97.5 cm³/mol. The van der Waals surface area contributed by atoms with E-state index in [1.54, 1.807) is 12.1 Å². The first-order valence-corrected chi connectivity index (χ1v) is 7.64. The number of thiocarbonyl (C=S) groups is 1. The van der Waals surface area contributed by atoms with Gasteiger partial charge in [0.05, 0.1) is 18.9 Å². The number of rotatable bonds is 6. The van der Waals surface area contributed by atoms with Gasteiger partial charge in [0, 0.05) is 0 Å². The molecule has 0 aliphatic heterocycles. The number of nitroso groups, excluding NO2 is 1. The molecule has 3 N–H and O–H groups in total. The second-order valence-corrected chi connectivity index (χ2v) is 5.46. The van der Waals surface area contributed by atoms with Crippen molar-refractivity contribution >= 4 is 29.2 Å². The number of nitrogens with one attached hydrogen (secondary N) is 1. The Bertz CT molecular complexity index is 888. The number of alkyl halides is 3. The molecule has 0 heterocycles. The molecule has 27 heavy (non-hydrogen) atoms. The van der Waals surface area contributed by atoms with Crippen molar-refractivity contribution in [1.82, 2.24) is 5.43 Å². The maximum absolute atomic E-state index is 12.7. The molecule has 11 heteroatoms. The van der Waals surface area contributed by atoms with Gasteiger partial charge in [-0.1, -0.05) is 0 Å². The summed E-state index contributed by atoms with van der Waals surface area (Å²) in [6, 6.07) is 7.06. The average Bonchev–Trinajstić information content (AvgIpc) is 2.61. The molecule has 0 aliphatic rings. The van der Waals surface area contributed by atoms with Gasteiger partial charge in [0.15, 0.2) is 28.0 Å². The summed E-state index contributed by atoms with van der Waals surface area (Å²) in [5, 5.41) is 6.39. The van der Waals surface area contributed by atoms with Gasteiger partial charge in [-0.05, 0) is 59.4 Å². The van der Waals surface area contributed by atoms with Crippen molar-refractivity contribution in [3.8, 4) is 17.2 Å². The van der Waals surface area contributed by atoms with Gasteiger partial charge in [-0.2, -0.15) is 18.3 Å². The molecule has 0 bridgehead atoms. The van der Waals surface area contributed by atoms with Crippen LogP contribution < -0.4 is 20.6 Å². The zero-order valence-corrected chi connectivity index (χ0v) is 14.6. The van der Waals surface area contributed by atoms with Gasteiger partial charge in [0.2, 0.25) is 0 Å². The van der Waals surface area contributed by atoms with E-state index in [1.807, 2.05) is 0 Å². The summed E-state index contributed by atoms with van der Waals surface area (Å²) < 4.78 is 48.9. The largest absolute Gasteiger partial charge is 0.493 e. The van der Waals surface area contributed by atoms with Gasteiger partial charge < -0.3 is 15.2 Å². The Morgan fingerprint density at radius 1 is 1.19 bits per heavy atom. The van der Waals surface area contributed by atoms with Crippen LogP contribution in [0.1, 0.15) is 11.1 Å². The maximum Gasteiger partial charge on any atom is 0.416 e. The molecule has 2 rings (SSSR count). The van der Waals surface area contributed by atoms with E-state index < -0.39 is 17.4 Å². The lowest BCUT2D eigenvalue weighted by Gasteiger charge is -2.13. The lowest BCUT2D eigenvalue weighted by atomic mass is 10.1. The van der Waals surface area contributed by atoms with Gasteiger partial charge in [-0.15, -0.1) is 4.91 Å². The summed E-state index contributed by atoms with van der Waals surface area (Å²) in [4.78, 5) is 10.9. The molecule has 0 atom stereocenters. The summed E-state index contributed by atoms with van der Waals surface area (Å²) in [7, 11) is 1.38. The molecule has 2 aromatic rings. The summed E-state index contributed by atoms with van der Waals surface area (Å²) in [6.07, 6.45) is -3.18. The minimum absolute atomic E-state index is 0.00522. The van der Waals surface area contributed by atoms with Crippen LogP contribution in [-0.2, 0) is 6.18 Å². The fourth-order valence-electron chi connectivity index (χ4n) is 1.99. The highest BCUT2D eigenvalue weighted by Crippen LogP contribution is 2.40. The maximum atomic E-state index is 12.7. The number of benzene rings is 2. The van der Waals surface area contributed by atoms with E-state index in [1.165, 1.54) is 19.4 Å². The van der Waals surface area contributed by atoms with Crippen LogP contribution >= 0.6 is 12.2 Å². The fraction of sp³-hybridized carbons (Fsp3) is 0.125. The molecular weight excluding hydrogens is 385 g/mol. The van der Waals surface area contributed by atoms with Crippen molar-refractivity contribution in [2.75, 3.05) is 7.11 Å². The quantitative estimate of drug-likeness (QED) is 0.329. The van der Waals surface area contributed by atoms with Crippen LogP contribution in [0.5, 0.6) is 17.2 Å². The molecule has 0 amide bonds. The van der Waals surface area contributed by atoms with Gasteiger partial charge in [0.25, 0.3) is 0 Å². The molecular formula is C16H13F3N4O3S. The first-order chi connectivity index (χ1) is 12.7. The van der Waals surface area contributed by atoms with Crippen molar-refractivity contribution in [3.63, 3.8) is 0 Å². The number of hydrazone groups is 1. The smallest absolute Gasteiger partial charge is 0.416 e. The van der Waals surface area contributed by atoms with E-state index in [2.05, 4.69) is 27.9 Å². The highest BCUT2D eigenvalue weighted by Gasteiger charge is 2.31. The molecule has 7 nitrogen and oxygen atoms in total. The molecule has 0 spiro atoms. The monoisotopic (exact) mass is 398 g/mol. The van der Waals surface area contributed by atoms with Crippen LogP contribution in [0.25, 0.3) is 0 Å². The first-order valence-electron chi connectivity index (χ1n) is 7.23. The summed E-state index contributed by atoms with van der Waals surface area (Å²) in [5.74, 6) is 0.278. The van der Waals surface area contributed by atoms with Gasteiger partial charge >= 0.3 is 6.18 Å². The van der Waals surface area contributed by atoms with E-state index in [0.29, 0.717) is 11.6 Å². The number of methoxy groups -OCH3 is 1. The first kappa shape index (κ1) is 20.1. The van der Waals surface area contributed by atoms with Crippen LogP contribution in [0.15, 0.2) is 46.7 Å². The lowest BCUT2D eigenvalue weighted by molar-refractivity contribution is -0.137. The number of nitrogens with zero attached hydrogens (tertiary/aromatic N) is 2. The standard InChI is InChI=1S/C16H13F3N4O3S/c1-25-14-6-9(8-21-22-15(20)27)2-4-13(14)26-12-5-3-10(16(17,18)19)7-11(12)23-24/h2-8H,1H3,(H3,20,22,27)/b21-8+. The number of halogens is 3. The topological polar surface area (TPSA) is 98.3 Å². The van der Waals surface area contributed by atoms with Crippen LogP contribution in [0.2, 0.25) is 0 Å². The molecule has 0 fully saturated rings. The third-order valence-corrected chi connectivity index (χ3v) is 3.27. The third-order valence-electron chi connectivity index (χ3n) is 3.18. The van der Waals surface area contributed by atoms with Gasteiger partial charge in [0.1, 0.15) is 0 Å². The second kappa shape index (κ2) is 8.45. The summed E-state index contributed by atoms with van der Waals surface area (Å²) in [6.45, 7) is 0. The van der Waals surface area contributed by atoms with Crippen molar-refractivity contribution in [1.29, 1.82) is 0 Å². The Labute approximate surface area is 156 Å². The average molecular weight is 398 g/mol. The van der Waals surface area contributed by atoms with Crippen LogP contribution in [0, 0.1) is 4.91 Å². The second-order valence-electron chi connectivity index (χ2n) is 5.02. The number of ether oxygens (including phenoxy) is 2. The summed E-state index contributed by atoms with van der Waals surface area (Å²) >= 11 is 4.61. The molecule has 0 radical (unpaired) electrons. The molecule has 0 aromatic heterocycles. The highest BCUT2D eigenvalue weighted by atomic mass is 32.1. The zero-order valence-electron chi connectivity index (χ0n) is 13.8. The van der Waals surface area contributed by atoms with Crippen molar-refractivity contribution < 1.29 is 22.6 Å². The lowest BCUT2D eigenvalue weighted by Crippen LogP contribution is -2.23. The Morgan fingerprint density at radius 3 is 2.48 bits per heavy atom. The van der Waals surface area contributed by atoms with E-state index in [9.17, 15) is 18.1 Å². The van der Waals surface area contributed by atoms with Crippen molar-refractivity contribution in [3.05, 3.63) is 52.4 Å². The molecule has 0 saturated heterocycles. The van der Waals surface area contributed by atoms with Gasteiger partial charge in [-0.3, -0.25) is 5.43 Å². The number of nitrogens with two attached hydrogens (primary N) is 1. The van der Waals surface area contributed by atoms with Crippen LogP contribution in [-0.4, -0.2) is 18.4 Å². The molecule has 0 saturated carbocycles. The zero-order chi connectivity index (χ0) is 20.0. The normalized spacial score (nSPS) is 11.3. The Kier molecular flexibility index (Phi) is 6.29. The third kappa shape index (κ3) is 5.38. The molecule has 0 unspecified atom stereocenters. The molecule has 0 aliphatic carbocycles. The van der Waals surface area contributed by atoms with Gasteiger partial charge in [-0.25, -0.2) is 0 Å². The van der Waals surface area contributed by atoms with Crippen molar-refractivity contribution in [2.45, 2.75) is 6.18 Å².